The molecule has 9 heavy (non-hydrogen) atoms. The molecule has 56 valence electrons. The molecule has 1 atom stereocenters. The molecule has 0 spiro atoms. The second-order valence-corrected chi connectivity index (χ2v) is 2.00. The number of hydrogen-bond donors (Lipinski definition) is 2. The SMILES string of the molecule is C.CN[C@@H](CS)C(C)=O. The van der Waals surface area contributed by atoms with Gasteiger partial charge in [0.05, 0.1) is 6.04 Å². The van der Waals surface area contributed by atoms with Crippen LogP contribution in [0.25, 0.3) is 0 Å². The molecule has 0 bridgehead atoms. The molecule has 0 fully saturated rings. The van der Waals surface area contributed by atoms with Crippen molar-refractivity contribution in [2.45, 2.75) is 20.4 Å². The Morgan fingerprint density at radius 2 is 2.22 bits per heavy atom. The fourth-order valence-electron chi connectivity index (χ4n) is 0.423. The molecule has 0 saturated carbocycles. The van der Waals surface area contributed by atoms with Gasteiger partial charge in [-0.15, -0.1) is 0 Å². The van der Waals surface area contributed by atoms with Gasteiger partial charge in [-0.3, -0.25) is 4.79 Å². The van der Waals surface area contributed by atoms with Gasteiger partial charge in [0.2, 0.25) is 0 Å². The molecule has 0 unspecified atom stereocenters. The second kappa shape index (κ2) is 6.11. The maximum Gasteiger partial charge on any atom is 0.147 e. The van der Waals surface area contributed by atoms with Gasteiger partial charge in [-0.1, -0.05) is 7.43 Å². The molecular weight excluding hydrogens is 134 g/mol. The van der Waals surface area contributed by atoms with E-state index in [0.29, 0.717) is 5.75 Å². The van der Waals surface area contributed by atoms with Crippen molar-refractivity contribution in [1.82, 2.24) is 5.32 Å². The molecule has 0 aliphatic rings. The molecule has 1 N–H and O–H groups in total. The molecule has 0 saturated heterocycles. The van der Waals surface area contributed by atoms with Crippen LogP contribution >= 0.6 is 12.6 Å². The van der Waals surface area contributed by atoms with Crippen molar-refractivity contribution in [1.29, 1.82) is 0 Å². The Kier molecular flexibility index (Phi) is 7.96. The minimum Gasteiger partial charge on any atom is -0.310 e. The van der Waals surface area contributed by atoms with Crippen molar-refractivity contribution in [3.05, 3.63) is 0 Å². The van der Waals surface area contributed by atoms with Crippen molar-refractivity contribution >= 4 is 18.4 Å². The fourth-order valence-corrected chi connectivity index (χ4v) is 0.863. The third-order valence-corrected chi connectivity index (χ3v) is 1.39. The molecule has 0 heterocycles. The molecule has 0 aliphatic heterocycles. The van der Waals surface area contributed by atoms with Crippen LogP contribution in [0.3, 0.4) is 0 Å². The smallest absolute Gasteiger partial charge is 0.147 e. The Bertz CT molecular complexity index is 81.1. The Hall–Kier alpha value is -0.0200. The Morgan fingerprint density at radius 3 is 2.22 bits per heavy atom. The van der Waals surface area contributed by atoms with Crippen LogP contribution in [-0.4, -0.2) is 24.6 Å². The van der Waals surface area contributed by atoms with Crippen LogP contribution in [0.5, 0.6) is 0 Å². The van der Waals surface area contributed by atoms with Crippen LogP contribution in [-0.2, 0) is 4.79 Å². The number of ketones is 1. The molecule has 0 rings (SSSR count). The van der Waals surface area contributed by atoms with E-state index in [1.807, 2.05) is 0 Å². The molecular formula is C6H15NOS. The molecule has 0 radical (unpaired) electrons. The lowest BCUT2D eigenvalue weighted by atomic mass is 10.2. The minimum absolute atomic E-state index is 0. The monoisotopic (exact) mass is 149 g/mol. The molecule has 0 aliphatic carbocycles. The predicted octanol–water partition coefficient (Wildman–Crippen LogP) is 0.729. The maximum atomic E-state index is 10.5. The number of Topliss-reactive ketones (excluding diaryl/α,β-unsaturated/α-hetero) is 1. The normalized spacial score (nSPS) is 11.9. The molecule has 0 aromatic heterocycles. The standard InChI is InChI=1S/C5H11NOS.CH4/c1-4(7)5(3-8)6-2;/h5-6,8H,3H2,1-2H3;1H4/t5-;/m0./s1. The van der Waals surface area contributed by atoms with E-state index in [9.17, 15) is 4.79 Å². The highest BCUT2D eigenvalue weighted by atomic mass is 32.1. The van der Waals surface area contributed by atoms with Crippen LogP contribution in [0.1, 0.15) is 14.4 Å². The van der Waals surface area contributed by atoms with Crippen molar-refractivity contribution < 1.29 is 4.79 Å². The lowest BCUT2D eigenvalue weighted by Gasteiger charge is -2.06. The number of rotatable bonds is 3. The topological polar surface area (TPSA) is 29.1 Å². The Morgan fingerprint density at radius 1 is 1.78 bits per heavy atom. The van der Waals surface area contributed by atoms with Gasteiger partial charge in [-0.2, -0.15) is 12.6 Å². The van der Waals surface area contributed by atoms with E-state index < -0.39 is 0 Å². The van der Waals surface area contributed by atoms with Gasteiger partial charge in [0.15, 0.2) is 0 Å². The first kappa shape index (κ1) is 11.7. The summed E-state index contributed by atoms with van der Waals surface area (Å²) in [6, 6.07) is -0.0710. The van der Waals surface area contributed by atoms with Gasteiger partial charge in [0, 0.05) is 5.75 Å². The summed E-state index contributed by atoms with van der Waals surface area (Å²) in [6.07, 6.45) is 0. The van der Waals surface area contributed by atoms with Crippen LogP contribution < -0.4 is 5.32 Å². The summed E-state index contributed by atoms with van der Waals surface area (Å²) in [5.74, 6) is 0.716. The van der Waals surface area contributed by atoms with E-state index in [4.69, 9.17) is 0 Å². The van der Waals surface area contributed by atoms with Gasteiger partial charge in [0.1, 0.15) is 5.78 Å². The van der Waals surface area contributed by atoms with Crippen molar-refractivity contribution in [2.24, 2.45) is 0 Å². The fraction of sp³-hybridized carbons (Fsp3) is 0.833. The first-order valence-corrected chi connectivity index (χ1v) is 3.14. The van der Waals surface area contributed by atoms with Crippen LogP contribution in [0.4, 0.5) is 0 Å². The van der Waals surface area contributed by atoms with Crippen LogP contribution in [0, 0.1) is 0 Å². The molecule has 2 nitrogen and oxygen atoms in total. The van der Waals surface area contributed by atoms with Crippen molar-refractivity contribution in [2.75, 3.05) is 12.8 Å². The highest BCUT2D eigenvalue weighted by Crippen LogP contribution is 1.86. The van der Waals surface area contributed by atoms with E-state index in [-0.39, 0.29) is 19.3 Å². The first-order valence-electron chi connectivity index (χ1n) is 2.51. The predicted molar refractivity (Wildman–Crippen MR) is 44.1 cm³/mol. The number of carbonyl (C=O) groups excluding carboxylic acids is 1. The third kappa shape index (κ3) is 4.48. The summed E-state index contributed by atoms with van der Waals surface area (Å²) in [4.78, 5) is 10.5. The molecule has 0 aromatic rings. The van der Waals surface area contributed by atoms with Gasteiger partial charge in [0.25, 0.3) is 0 Å². The van der Waals surface area contributed by atoms with Crippen molar-refractivity contribution in [3.63, 3.8) is 0 Å². The summed E-state index contributed by atoms with van der Waals surface area (Å²) >= 11 is 3.95. The van der Waals surface area contributed by atoms with Crippen LogP contribution in [0.15, 0.2) is 0 Å². The Balaban J connectivity index is 0. The highest BCUT2D eigenvalue weighted by Gasteiger charge is 2.06. The van der Waals surface area contributed by atoms with Gasteiger partial charge < -0.3 is 5.32 Å². The summed E-state index contributed by atoms with van der Waals surface area (Å²) in [5, 5.41) is 2.83. The number of thiol groups is 1. The number of hydrogen-bond acceptors (Lipinski definition) is 3. The van der Waals surface area contributed by atoms with Gasteiger partial charge in [-0.25, -0.2) is 0 Å². The van der Waals surface area contributed by atoms with E-state index in [1.165, 1.54) is 0 Å². The van der Waals surface area contributed by atoms with Crippen molar-refractivity contribution in [3.8, 4) is 0 Å². The van der Waals surface area contributed by atoms with E-state index >= 15 is 0 Å². The summed E-state index contributed by atoms with van der Waals surface area (Å²) in [7, 11) is 1.75. The van der Waals surface area contributed by atoms with Gasteiger partial charge in [-0.05, 0) is 14.0 Å². The number of nitrogens with one attached hydrogen (secondary N) is 1. The van der Waals surface area contributed by atoms with E-state index in [0.717, 1.165) is 0 Å². The maximum absolute atomic E-state index is 10.5. The average Bonchev–Trinajstić information content (AvgIpc) is 1.69. The zero-order valence-corrected chi connectivity index (χ0v) is 6.03. The number of likely N-dealkylation sites (N-methyl/N-ethyl adjacent to an activating group) is 1. The largest absolute Gasteiger partial charge is 0.310 e. The lowest BCUT2D eigenvalue weighted by Crippen LogP contribution is -2.33. The summed E-state index contributed by atoms with van der Waals surface area (Å²) in [6.45, 7) is 1.55. The van der Waals surface area contributed by atoms with E-state index in [1.54, 1.807) is 14.0 Å². The molecule has 0 amide bonds. The summed E-state index contributed by atoms with van der Waals surface area (Å²) < 4.78 is 0. The highest BCUT2D eigenvalue weighted by molar-refractivity contribution is 7.80. The van der Waals surface area contributed by atoms with E-state index in [2.05, 4.69) is 17.9 Å². The zero-order valence-electron chi connectivity index (χ0n) is 5.14. The quantitative estimate of drug-likeness (QED) is 0.579. The first-order chi connectivity index (χ1) is 3.72. The zero-order chi connectivity index (χ0) is 6.57. The van der Waals surface area contributed by atoms with Crippen LogP contribution in [0.2, 0.25) is 0 Å². The third-order valence-electron chi connectivity index (χ3n) is 1.02. The average molecular weight is 149 g/mol. The molecule has 3 heteroatoms. The molecule has 0 aromatic carbocycles. The second-order valence-electron chi connectivity index (χ2n) is 1.63. The van der Waals surface area contributed by atoms with Gasteiger partial charge >= 0.3 is 0 Å². The number of carbonyl (C=O) groups is 1. The minimum atomic E-state index is -0.0710. The lowest BCUT2D eigenvalue weighted by molar-refractivity contribution is -0.118. The Labute approximate surface area is 62.4 Å². The summed E-state index contributed by atoms with van der Waals surface area (Å²) in [5.41, 5.74) is 0.